The van der Waals surface area contributed by atoms with Gasteiger partial charge in [-0.1, -0.05) is 11.6 Å². The number of carbonyl (C=O) groups is 1. The molecule has 0 saturated carbocycles. The fraction of sp³-hybridized carbons (Fsp3) is 0.400. The summed E-state index contributed by atoms with van der Waals surface area (Å²) in [6, 6.07) is 6.88. The van der Waals surface area contributed by atoms with Crippen LogP contribution in [0.2, 0.25) is 5.02 Å². The van der Waals surface area contributed by atoms with Crippen LogP contribution in [0.15, 0.2) is 24.3 Å². The zero-order chi connectivity index (χ0) is 16.2. The van der Waals surface area contributed by atoms with Gasteiger partial charge in [0.15, 0.2) is 5.69 Å². The van der Waals surface area contributed by atoms with Gasteiger partial charge in [-0.25, -0.2) is 0 Å². The summed E-state index contributed by atoms with van der Waals surface area (Å²) in [7, 11) is 0. The second-order valence-corrected chi connectivity index (χ2v) is 5.70. The number of hydrogen-bond donors (Lipinski definition) is 2. The van der Waals surface area contributed by atoms with E-state index >= 15 is 0 Å². The Hall–Kier alpha value is -1.96. The fourth-order valence-corrected chi connectivity index (χ4v) is 2.53. The lowest BCUT2D eigenvalue weighted by molar-refractivity contribution is 0.0851. The van der Waals surface area contributed by atoms with Crippen LogP contribution < -0.4 is 5.32 Å². The zero-order valence-corrected chi connectivity index (χ0v) is 13.2. The molecule has 1 fully saturated rings. The molecular weight excluding hydrogens is 320 g/mol. The first kappa shape index (κ1) is 15.9. The molecule has 0 spiro atoms. The largest absolute Gasteiger partial charge is 0.390 e. The van der Waals surface area contributed by atoms with Crippen molar-refractivity contribution in [2.75, 3.05) is 13.2 Å². The van der Waals surface area contributed by atoms with Gasteiger partial charge in [-0.15, -0.1) is 10.2 Å². The number of amides is 1. The van der Waals surface area contributed by atoms with Gasteiger partial charge in [0.1, 0.15) is 5.69 Å². The number of aliphatic hydroxyl groups excluding tert-OH is 1. The van der Waals surface area contributed by atoms with Gasteiger partial charge in [0.2, 0.25) is 0 Å². The van der Waals surface area contributed by atoms with Crippen molar-refractivity contribution in [2.45, 2.75) is 25.6 Å². The van der Waals surface area contributed by atoms with Crippen LogP contribution >= 0.6 is 11.6 Å². The third-order valence-electron chi connectivity index (χ3n) is 3.62. The van der Waals surface area contributed by atoms with Crippen molar-refractivity contribution < 1.29 is 14.6 Å². The lowest BCUT2D eigenvalue weighted by atomic mass is 10.2. The predicted molar refractivity (Wildman–Crippen MR) is 83.6 cm³/mol. The molecule has 1 aliphatic heterocycles. The monoisotopic (exact) mass is 336 g/mol. The molecule has 0 radical (unpaired) electrons. The van der Waals surface area contributed by atoms with Crippen molar-refractivity contribution in [3.8, 4) is 5.69 Å². The molecule has 1 unspecified atom stereocenters. The molecular formula is C15H17ClN4O3. The smallest absolute Gasteiger partial charge is 0.273 e. The summed E-state index contributed by atoms with van der Waals surface area (Å²) < 4.78 is 5.46. The summed E-state index contributed by atoms with van der Waals surface area (Å²) in [6.45, 7) is 0.795. The molecule has 2 aromatic rings. The number of benzene rings is 1. The van der Waals surface area contributed by atoms with E-state index in [4.69, 9.17) is 16.3 Å². The third-order valence-corrected chi connectivity index (χ3v) is 3.87. The first-order chi connectivity index (χ1) is 11.2. The Labute approximate surface area is 138 Å². The Bertz CT molecular complexity index is 681. The maximum atomic E-state index is 12.3. The summed E-state index contributed by atoms with van der Waals surface area (Å²) in [5.74, 6) is -0.371. The Morgan fingerprint density at radius 1 is 1.39 bits per heavy atom. The highest BCUT2D eigenvalue weighted by Crippen LogP contribution is 2.14. The van der Waals surface area contributed by atoms with Crippen molar-refractivity contribution in [3.63, 3.8) is 0 Å². The van der Waals surface area contributed by atoms with Crippen molar-refractivity contribution in [2.24, 2.45) is 0 Å². The average molecular weight is 337 g/mol. The Balaban J connectivity index is 1.75. The van der Waals surface area contributed by atoms with E-state index in [2.05, 4.69) is 15.5 Å². The number of aromatic nitrogens is 3. The third kappa shape index (κ3) is 3.69. The highest BCUT2D eigenvalue weighted by atomic mass is 35.5. The Morgan fingerprint density at radius 2 is 2.17 bits per heavy atom. The number of carbonyl (C=O) groups excluding carboxylic acids is 1. The van der Waals surface area contributed by atoms with Gasteiger partial charge >= 0.3 is 0 Å². The molecule has 1 atom stereocenters. The van der Waals surface area contributed by atoms with Gasteiger partial charge in [0, 0.05) is 18.2 Å². The molecule has 23 heavy (non-hydrogen) atoms. The topological polar surface area (TPSA) is 89.3 Å². The molecule has 3 rings (SSSR count). The van der Waals surface area contributed by atoms with Gasteiger partial charge in [-0.05, 0) is 37.1 Å². The summed E-state index contributed by atoms with van der Waals surface area (Å²) in [5, 5.41) is 21.1. The Kier molecular flexibility index (Phi) is 4.90. The van der Waals surface area contributed by atoms with E-state index in [0.29, 0.717) is 17.3 Å². The van der Waals surface area contributed by atoms with E-state index in [1.807, 2.05) is 0 Å². The van der Waals surface area contributed by atoms with E-state index in [0.717, 1.165) is 19.4 Å². The van der Waals surface area contributed by atoms with E-state index < -0.39 is 0 Å². The van der Waals surface area contributed by atoms with Crippen LogP contribution in [0.1, 0.15) is 29.0 Å². The molecule has 8 heteroatoms. The number of halogens is 1. The van der Waals surface area contributed by atoms with Crippen LogP contribution in [0.5, 0.6) is 0 Å². The number of aliphatic hydroxyl groups is 1. The maximum Gasteiger partial charge on any atom is 0.273 e. The van der Waals surface area contributed by atoms with Crippen LogP contribution in [-0.2, 0) is 11.3 Å². The summed E-state index contributed by atoms with van der Waals surface area (Å²) in [6.07, 6.45) is 1.99. The van der Waals surface area contributed by atoms with Crippen LogP contribution in [0.25, 0.3) is 5.69 Å². The molecule has 1 aromatic carbocycles. The SMILES string of the molecule is O=C(NCC1CCCO1)c1nn(-c2ccc(Cl)cc2)nc1CO. The number of nitrogens with zero attached hydrogens (tertiary/aromatic N) is 3. The number of hydrogen-bond acceptors (Lipinski definition) is 5. The molecule has 1 aliphatic rings. The summed E-state index contributed by atoms with van der Waals surface area (Å²) >= 11 is 5.85. The minimum Gasteiger partial charge on any atom is -0.390 e. The standard InChI is InChI=1S/C15H17ClN4O3/c16-10-3-5-11(6-4-10)20-18-13(9-21)14(19-20)15(22)17-8-12-2-1-7-23-12/h3-6,12,21H,1-2,7-9H2,(H,17,22). The first-order valence-corrected chi connectivity index (χ1v) is 7.78. The summed E-state index contributed by atoms with van der Waals surface area (Å²) in [4.78, 5) is 13.6. The minimum absolute atomic E-state index is 0.0443. The molecule has 7 nitrogen and oxygen atoms in total. The van der Waals surface area contributed by atoms with Crippen molar-refractivity contribution in [3.05, 3.63) is 40.7 Å². The van der Waals surface area contributed by atoms with E-state index in [-0.39, 0.29) is 30.0 Å². The van der Waals surface area contributed by atoms with Gasteiger partial charge in [-0.2, -0.15) is 4.80 Å². The van der Waals surface area contributed by atoms with Gasteiger partial charge in [-0.3, -0.25) is 4.79 Å². The molecule has 2 N–H and O–H groups in total. The number of ether oxygens (including phenoxy) is 1. The second kappa shape index (κ2) is 7.08. The molecule has 0 bridgehead atoms. The normalized spacial score (nSPS) is 17.4. The van der Waals surface area contributed by atoms with Crippen LogP contribution in [0, 0.1) is 0 Å². The molecule has 2 heterocycles. The molecule has 1 amide bonds. The van der Waals surface area contributed by atoms with E-state index in [9.17, 15) is 9.90 Å². The highest BCUT2D eigenvalue weighted by Gasteiger charge is 2.21. The molecule has 1 saturated heterocycles. The van der Waals surface area contributed by atoms with Crippen LogP contribution in [0.3, 0.4) is 0 Å². The van der Waals surface area contributed by atoms with Gasteiger partial charge < -0.3 is 15.2 Å². The molecule has 0 aliphatic carbocycles. The van der Waals surface area contributed by atoms with Crippen LogP contribution in [-0.4, -0.2) is 45.3 Å². The van der Waals surface area contributed by atoms with Crippen molar-refractivity contribution in [1.82, 2.24) is 20.3 Å². The predicted octanol–water partition coefficient (Wildman–Crippen LogP) is 1.32. The zero-order valence-electron chi connectivity index (χ0n) is 12.4. The molecule has 122 valence electrons. The Morgan fingerprint density at radius 3 is 2.83 bits per heavy atom. The van der Waals surface area contributed by atoms with Crippen LogP contribution in [0.4, 0.5) is 0 Å². The summed E-state index contributed by atoms with van der Waals surface area (Å²) in [5.41, 5.74) is 0.993. The first-order valence-electron chi connectivity index (χ1n) is 7.40. The van der Waals surface area contributed by atoms with E-state index in [1.165, 1.54) is 4.80 Å². The second-order valence-electron chi connectivity index (χ2n) is 5.26. The van der Waals surface area contributed by atoms with Crippen molar-refractivity contribution >= 4 is 17.5 Å². The van der Waals surface area contributed by atoms with E-state index in [1.54, 1.807) is 24.3 Å². The van der Waals surface area contributed by atoms with Gasteiger partial charge in [0.05, 0.1) is 18.4 Å². The maximum absolute atomic E-state index is 12.3. The lowest BCUT2D eigenvalue weighted by Gasteiger charge is -2.09. The minimum atomic E-state index is -0.371. The van der Waals surface area contributed by atoms with Gasteiger partial charge in [0.25, 0.3) is 5.91 Å². The lowest BCUT2D eigenvalue weighted by Crippen LogP contribution is -2.32. The quantitative estimate of drug-likeness (QED) is 0.859. The number of rotatable bonds is 5. The fourth-order valence-electron chi connectivity index (χ4n) is 2.40. The highest BCUT2D eigenvalue weighted by molar-refractivity contribution is 6.30. The number of nitrogens with one attached hydrogen (secondary N) is 1. The van der Waals surface area contributed by atoms with Crippen molar-refractivity contribution in [1.29, 1.82) is 0 Å². The average Bonchev–Trinajstić information content (AvgIpc) is 3.22. The molecule has 1 aromatic heterocycles.